The van der Waals surface area contributed by atoms with Crippen LogP contribution in [0.5, 0.6) is 0 Å². The monoisotopic (exact) mass is 251 g/mol. The summed E-state index contributed by atoms with van der Waals surface area (Å²) in [4.78, 5) is 16.1. The largest absolute Gasteiger partial charge is 0.322 e. The third-order valence-corrected chi connectivity index (χ3v) is 2.75. The van der Waals surface area contributed by atoms with Crippen LogP contribution in [0, 0.1) is 25.2 Å². The van der Waals surface area contributed by atoms with Crippen molar-refractivity contribution in [2.24, 2.45) is 0 Å². The van der Waals surface area contributed by atoms with Gasteiger partial charge in [-0.15, -0.1) is 0 Å². The van der Waals surface area contributed by atoms with Crippen LogP contribution >= 0.6 is 0 Å². The number of aryl methyl sites for hydroxylation is 2. The van der Waals surface area contributed by atoms with Gasteiger partial charge in [0.15, 0.2) is 0 Å². The van der Waals surface area contributed by atoms with E-state index in [1.165, 1.54) is 6.20 Å². The molecule has 94 valence electrons. The van der Waals surface area contributed by atoms with E-state index in [0.717, 1.165) is 11.1 Å². The van der Waals surface area contributed by atoms with E-state index in [1.807, 2.05) is 19.9 Å². The number of nitriles is 1. The van der Waals surface area contributed by atoms with Gasteiger partial charge in [0.25, 0.3) is 5.91 Å². The van der Waals surface area contributed by atoms with Crippen molar-refractivity contribution in [3.63, 3.8) is 0 Å². The molecule has 0 bridgehead atoms. The summed E-state index contributed by atoms with van der Waals surface area (Å²) in [5.74, 6) is -0.227. The van der Waals surface area contributed by atoms with Gasteiger partial charge < -0.3 is 5.32 Å². The average Bonchev–Trinajstić information content (AvgIpc) is 2.41. The molecule has 1 N–H and O–H groups in total. The van der Waals surface area contributed by atoms with Crippen molar-refractivity contribution in [3.8, 4) is 6.07 Å². The molecule has 4 nitrogen and oxygen atoms in total. The first-order valence-electron chi connectivity index (χ1n) is 5.84. The van der Waals surface area contributed by atoms with Gasteiger partial charge in [0, 0.05) is 18.1 Å². The van der Waals surface area contributed by atoms with E-state index in [1.54, 1.807) is 24.4 Å². The van der Waals surface area contributed by atoms with Crippen molar-refractivity contribution >= 4 is 11.6 Å². The van der Waals surface area contributed by atoms with Gasteiger partial charge in [-0.3, -0.25) is 9.78 Å². The molecule has 19 heavy (non-hydrogen) atoms. The average molecular weight is 251 g/mol. The third kappa shape index (κ3) is 2.96. The number of carbonyl (C=O) groups is 1. The van der Waals surface area contributed by atoms with Crippen LogP contribution in [0.25, 0.3) is 0 Å². The first-order chi connectivity index (χ1) is 9.10. The molecule has 0 aliphatic rings. The minimum Gasteiger partial charge on any atom is -0.322 e. The molecule has 0 unspecified atom stereocenters. The van der Waals surface area contributed by atoms with Gasteiger partial charge in [0.2, 0.25) is 0 Å². The number of hydrogen-bond acceptors (Lipinski definition) is 3. The maximum absolute atomic E-state index is 12.1. The third-order valence-electron chi connectivity index (χ3n) is 2.75. The topological polar surface area (TPSA) is 65.8 Å². The zero-order chi connectivity index (χ0) is 13.8. The smallest absolute Gasteiger partial charge is 0.257 e. The van der Waals surface area contributed by atoms with Crippen LogP contribution in [0.4, 0.5) is 5.69 Å². The molecule has 0 atom stereocenters. The Kier molecular flexibility index (Phi) is 3.58. The number of aromatic nitrogens is 1. The maximum atomic E-state index is 12.1. The lowest BCUT2D eigenvalue weighted by Gasteiger charge is -2.08. The molecule has 0 saturated carbocycles. The second kappa shape index (κ2) is 5.32. The number of pyridine rings is 1. The summed E-state index contributed by atoms with van der Waals surface area (Å²) >= 11 is 0. The molecule has 0 aliphatic heterocycles. The van der Waals surface area contributed by atoms with E-state index < -0.39 is 0 Å². The van der Waals surface area contributed by atoms with Gasteiger partial charge in [-0.25, -0.2) is 0 Å². The van der Waals surface area contributed by atoms with Crippen LogP contribution in [0.1, 0.15) is 27.0 Å². The molecule has 0 aliphatic carbocycles. The summed E-state index contributed by atoms with van der Waals surface area (Å²) in [5, 5.41) is 11.7. The molecular weight excluding hydrogens is 238 g/mol. The highest BCUT2D eigenvalue weighted by Crippen LogP contribution is 2.17. The summed E-state index contributed by atoms with van der Waals surface area (Å²) in [5.41, 5.74) is 3.50. The second-order valence-electron chi connectivity index (χ2n) is 4.35. The molecule has 1 aromatic carbocycles. The molecule has 0 saturated heterocycles. The first-order valence-corrected chi connectivity index (χ1v) is 5.84. The Balaban J connectivity index is 2.27. The summed E-state index contributed by atoms with van der Waals surface area (Å²) < 4.78 is 0. The van der Waals surface area contributed by atoms with Crippen molar-refractivity contribution in [3.05, 3.63) is 58.9 Å². The highest BCUT2D eigenvalue weighted by molar-refractivity contribution is 6.04. The predicted molar refractivity (Wildman–Crippen MR) is 72.8 cm³/mol. The molecule has 4 heteroatoms. The molecule has 2 aromatic rings. The maximum Gasteiger partial charge on any atom is 0.257 e. The normalized spacial score (nSPS) is 9.74. The Morgan fingerprint density at radius 3 is 2.74 bits per heavy atom. The summed E-state index contributed by atoms with van der Waals surface area (Å²) in [7, 11) is 0. The van der Waals surface area contributed by atoms with Crippen molar-refractivity contribution < 1.29 is 4.79 Å². The SMILES string of the molecule is Cc1cncc(C(=O)Nc2cc(C#N)ccc2C)c1. The Morgan fingerprint density at radius 1 is 1.26 bits per heavy atom. The van der Waals surface area contributed by atoms with E-state index in [9.17, 15) is 4.79 Å². The Labute approximate surface area is 111 Å². The highest BCUT2D eigenvalue weighted by Gasteiger charge is 2.08. The van der Waals surface area contributed by atoms with Gasteiger partial charge in [0.05, 0.1) is 17.2 Å². The molecule has 0 spiro atoms. The van der Waals surface area contributed by atoms with Crippen molar-refractivity contribution in [1.29, 1.82) is 5.26 Å². The standard InChI is InChI=1S/C15H13N3O/c1-10-5-13(9-17-8-10)15(19)18-14-6-12(7-16)4-3-11(14)2/h3-6,8-9H,1-2H3,(H,18,19). The number of benzene rings is 1. The zero-order valence-electron chi connectivity index (χ0n) is 10.8. The molecule has 1 amide bonds. The lowest BCUT2D eigenvalue weighted by atomic mass is 10.1. The van der Waals surface area contributed by atoms with E-state index in [-0.39, 0.29) is 5.91 Å². The first kappa shape index (κ1) is 12.8. The molecule has 1 aromatic heterocycles. The van der Waals surface area contributed by atoms with Crippen LogP contribution in [0.15, 0.2) is 36.7 Å². The number of amides is 1. The van der Waals surface area contributed by atoms with Gasteiger partial charge in [-0.1, -0.05) is 6.07 Å². The summed E-state index contributed by atoms with van der Waals surface area (Å²) in [6.07, 6.45) is 3.21. The van der Waals surface area contributed by atoms with E-state index in [0.29, 0.717) is 16.8 Å². The minimum absolute atomic E-state index is 0.227. The predicted octanol–water partition coefficient (Wildman–Crippen LogP) is 2.82. The summed E-state index contributed by atoms with van der Waals surface area (Å²) in [6.45, 7) is 3.76. The fourth-order valence-electron chi connectivity index (χ4n) is 1.70. The molecule has 2 rings (SSSR count). The zero-order valence-corrected chi connectivity index (χ0v) is 10.8. The summed E-state index contributed by atoms with van der Waals surface area (Å²) in [6, 6.07) is 9.02. The minimum atomic E-state index is -0.227. The van der Waals surface area contributed by atoms with E-state index >= 15 is 0 Å². The van der Waals surface area contributed by atoms with Crippen molar-refractivity contribution in [2.75, 3.05) is 5.32 Å². The lowest BCUT2D eigenvalue weighted by molar-refractivity contribution is 0.102. The fourth-order valence-corrected chi connectivity index (χ4v) is 1.70. The Hall–Kier alpha value is -2.67. The van der Waals surface area contributed by atoms with Crippen LogP contribution in [-0.4, -0.2) is 10.9 Å². The van der Waals surface area contributed by atoms with Crippen molar-refractivity contribution in [1.82, 2.24) is 4.98 Å². The van der Waals surface area contributed by atoms with E-state index in [4.69, 9.17) is 5.26 Å². The van der Waals surface area contributed by atoms with Gasteiger partial charge in [-0.05, 0) is 43.2 Å². The van der Waals surface area contributed by atoms with Gasteiger partial charge >= 0.3 is 0 Å². The van der Waals surface area contributed by atoms with Crippen LogP contribution in [0.3, 0.4) is 0 Å². The molecular formula is C15H13N3O. The number of nitrogens with zero attached hydrogens (tertiary/aromatic N) is 2. The van der Waals surface area contributed by atoms with Crippen LogP contribution in [0.2, 0.25) is 0 Å². The number of carbonyl (C=O) groups excluding carboxylic acids is 1. The van der Waals surface area contributed by atoms with Gasteiger partial charge in [0.1, 0.15) is 0 Å². The molecule has 0 radical (unpaired) electrons. The number of hydrogen-bond donors (Lipinski definition) is 1. The molecule has 0 fully saturated rings. The number of rotatable bonds is 2. The fraction of sp³-hybridized carbons (Fsp3) is 0.133. The van der Waals surface area contributed by atoms with Gasteiger partial charge in [-0.2, -0.15) is 5.26 Å². The number of nitrogens with one attached hydrogen (secondary N) is 1. The Bertz CT molecular complexity index is 671. The van der Waals surface area contributed by atoms with Crippen LogP contribution in [-0.2, 0) is 0 Å². The Morgan fingerprint density at radius 2 is 2.05 bits per heavy atom. The van der Waals surface area contributed by atoms with Crippen LogP contribution < -0.4 is 5.32 Å². The molecule has 1 heterocycles. The lowest BCUT2D eigenvalue weighted by Crippen LogP contribution is -2.13. The van der Waals surface area contributed by atoms with E-state index in [2.05, 4.69) is 16.4 Å². The second-order valence-corrected chi connectivity index (χ2v) is 4.35. The van der Waals surface area contributed by atoms with Crippen molar-refractivity contribution in [2.45, 2.75) is 13.8 Å². The quantitative estimate of drug-likeness (QED) is 0.892. The highest BCUT2D eigenvalue weighted by atomic mass is 16.1. The number of anilines is 1.